The van der Waals surface area contributed by atoms with Crippen LogP contribution in [0.2, 0.25) is 5.02 Å². The zero-order chi connectivity index (χ0) is 26.0. The van der Waals surface area contributed by atoms with Gasteiger partial charge in [-0.2, -0.15) is 0 Å². The molecule has 0 radical (unpaired) electrons. The fourth-order valence-electron chi connectivity index (χ4n) is 6.59. The van der Waals surface area contributed by atoms with Crippen LogP contribution in [0, 0.1) is 17.2 Å². The number of halogens is 2. The van der Waals surface area contributed by atoms with Gasteiger partial charge in [-0.1, -0.05) is 25.4 Å². The molecule has 3 heterocycles. The summed E-state index contributed by atoms with van der Waals surface area (Å²) in [7, 11) is 0. The van der Waals surface area contributed by atoms with Gasteiger partial charge in [0, 0.05) is 23.7 Å². The van der Waals surface area contributed by atoms with Crippen LogP contribution < -0.4 is 9.84 Å². The van der Waals surface area contributed by atoms with Gasteiger partial charge in [0.15, 0.2) is 0 Å². The number of benzene rings is 2. The number of amides is 1. The van der Waals surface area contributed by atoms with E-state index in [1.54, 1.807) is 23.1 Å². The SMILES string of the molecule is CC(C)(C)Oc1ccc(-c2cc3c(cc2F)[C@H](N(C(=O)[O-])[C@@H]2CN4CCC2CC4)C(C)(C)C3)c(Cl)c1. The fourth-order valence-corrected chi connectivity index (χ4v) is 6.87. The standard InChI is InChI=1S/C29H36ClFN2O3/c1-28(2,3)36-19-6-7-20(23(30)13-19)22-12-18-15-29(4,5)26(21(18)14-24(22)31)33(27(34)35)25-16-32-10-8-17(25)9-11-32/h6-7,12-14,17,25-26H,8-11,15-16H2,1-5H3,(H,34,35)/p-1/t25-,26+/m1/s1. The number of hydrogen-bond acceptors (Lipinski definition) is 4. The van der Waals surface area contributed by atoms with Crippen molar-refractivity contribution >= 4 is 17.7 Å². The molecule has 0 unspecified atom stereocenters. The number of rotatable bonds is 4. The molecule has 7 heteroatoms. The summed E-state index contributed by atoms with van der Waals surface area (Å²) in [6, 6.07) is 8.10. The van der Waals surface area contributed by atoms with Crippen molar-refractivity contribution in [3.8, 4) is 16.9 Å². The summed E-state index contributed by atoms with van der Waals surface area (Å²) < 4.78 is 21.6. The summed E-state index contributed by atoms with van der Waals surface area (Å²) in [5, 5.41) is 13.0. The molecule has 0 aromatic heterocycles. The molecular formula is C29H35ClFN2O3-. The summed E-state index contributed by atoms with van der Waals surface area (Å²) in [5.74, 6) is 0.542. The highest BCUT2D eigenvalue weighted by atomic mass is 35.5. The Balaban J connectivity index is 1.52. The Morgan fingerprint density at radius 1 is 1.17 bits per heavy atom. The summed E-state index contributed by atoms with van der Waals surface area (Å²) in [6.07, 6.45) is 1.47. The lowest BCUT2D eigenvalue weighted by Crippen LogP contribution is -2.62. The van der Waals surface area contributed by atoms with E-state index in [9.17, 15) is 9.90 Å². The molecule has 1 amide bonds. The molecule has 4 aliphatic rings. The maximum absolute atomic E-state index is 15.7. The number of fused-ring (bicyclic) bond motifs is 4. The van der Waals surface area contributed by atoms with Gasteiger partial charge >= 0.3 is 0 Å². The number of carboxylic acid groups (broad SMARTS) is 1. The van der Waals surface area contributed by atoms with Crippen molar-refractivity contribution in [1.82, 2.24) is 9.80 Å². The first-order valence-corrected chi connectivity index (χ1v) is 13.2. The molecule has 3 aliphatic heterocycles. The summed E-state index contributed by atoms with van der Waals surface area (Å²) >= 11 is 6.58. The van der Waals surface area contributed by atoms with E-state index in [4.69, 9.17) is 16.3 Å². The lowest BCUT2D eigenvalue weighted by atomic mass is 9.79. The van der Waals surface area contributed by atoms with Crippen LogP contribution in [0.3, 0.4) is 0 Å². The minimum absolute atomic E-state index is 0.125. The van der Waals surface area contributed by atoms with E-state index in [-0.39, 0.29) is 11.6 Å². The Morgan fingerprint density at radius 3 is 2.42 bits per heavy atom. The summed E-state index contributed by atoms with van der Waals surface area (Å²) in [6.45, 7) is 12.8. The molecule has 0 N–H and O–H groups in total. The van der Waals surface area contributed by atoms with Crippen molar-refractivity contribution in [2.75, 3.05) is 19.6 Å². The van der Waals surface area contributed by atoms with E-state index >= 15 is 4.39 Å². The first-order chi connectivity index (χ1) is 16.8. The van der Waals surface area contributed by atoms with Gasteiger partial charge in [0.2, 0.25) is 0 Å². The van der Waals surface area contributed by atoms with Gasteiger partial charge in [0.05, 0.1) is 11.1 Å². The maximum Gasteiger partial charge on any atom is 0.137 e. The molecule has 2 aromatic carbocycles. The number of carbonyl (C=O) groups is 1. The molecule has 5 nitrogen and oxygen atoms in total. The molecule has 194 valence electrons. The lowest BCUT2D eigenvalue weighted by molar-refractivity contribution is -0.276. The second kappa shape index (κ2) is 8.91. The van der Waals surface area contributed by atoms with Crippen molar-refractivity contribution in [2.24, 2.45) is 11.3 Å². The molecule has 36 heavy (non-hydrogen) atoms. The smallest absolute Gasteiger partial charge is 0.137 e. The zero-order valence-electron chi connectivity index (χ0n) is 21.7. The number of piperidine rings is 3. The minimum Gasteiger partial charge on any atom is -0.530 e. The Kier molecular flexibility index (Phi) is 6.27. The second-order valence-electron chi connectivity index (χ2n) is 12.3. The third kappa shape index (κ3) is 4.58. The van der Waals surface area contributed by atoms with Crippen LogP contribution in [0.25, 0.3) is 11.1 Å². The number of carbonyl (C=O) groups excluding carboxylic acids is 1. The van der Waals surface area contributed by atoms with Crippen LogP contribution in [0.4, 0.5) is 9.18 Å². The van der Waals surface area contributed by atoms with Gasteiger partial charge in [0.1, 0.15) is 23.3 Å². The van der Waals surface area contributed by atoms with Crippen LogP contribution >= 0.6 is 11.6 Å². The molecular weight excluding hydrogens is 479 g/mol. The first kappa shape index (κ1) is 25.3. The van der Waals surface area contributed by atoms with E-state index in [0.29, 0.717) is 34.2 Å². The second-order valence-corrected chi connectivity index (χ2v) is 12.7. The normalized spacial score (nSPS) is 26.5. The molecule has 2 aromatic rings. The van der Waals surface area contributed by atoms with E-state index < -0.39 is 23.4 Å². The predicted molar refractivity (Wildman–Crippen MR) is 138 cm³/mol. The Morgan fingerprint density at radius 2 is 1.86 bits per heavy atom. The number of nitrogens with zero attached hydrogens (tertiary/aromatic N) is 2. The quantitative estimate of drug-likeness (QED) is 0.527. The largest absolute Gasteiger partial charge is 0.530 e. The third-order valence-electron chi connectivity index (χ3n) is 8.03. The molecule has 0 saturated carbocycles. The lowest BCUT2D eigenvalue weighted by Gasteiger charge is -2.53. The van der Waals surface area contributed by atoms with Crippen LogP contribution in [0.15, 0.2) is 30.3 Å². The van der Waals surface area contributed by atoms with Crippen LogP contribution in [-0.4, -0.2) is 47.2 Å². The van der Waals surface area contributed by atoms with Crippen LogP contribution in [0.5, 0.6) is 5.75 Å². The highest BCUT2D eigenvalue weighted by molar-refractivity contribution is 6.33. The van der Waals surface area contributed by atoms with Gasteiger partial charge in [-0.15, -0.1) is 0 Å². The van der Waals surface area contributed by atoms with Gasteiger partial charge in [-0.3, -0.25) is 0 Å². The third-order valence-corrected chi connectivity index (χ3v) is 8.35. The highest BCUT2D eigenvalue weighted by Crippen LogP contribution is 2.52. The number of hydrogen-bond donors (Lipinski definition) is 0. The van der Waals surface area contributed by atoms with E-state index in [2.05, 4.69) is 18.7 Å². The van der Waals surface area contributed by atoms with Crippen LogP contribution in [0.1, 0.15) is 64.6 Å². The van der Waals surface area contributed by atoms with Gasteiger partial charge < -0.3 is 24.4 Å². The molecule has 3 saturated heterocycles. The maximum atomic E-state index is 15.7. The average Bonchev–Trinajstić information content (AvgIpc) is 3.03. The van der Waals surface area contributed by atoms with E-state index in [1.807, 2.05) is 26.8 Å². The molecule has 6 rings (SSSR count). The molecule has 2 bridgehead atoms. The molecule has 3 fully saturated rings. The Bertz CT molecular complexity index is 1180. The summed E-state index contributed by atoms with van der Waals surface area (Å²) in [4.78, 5) is 16.5. The zero-order valence-corrected chi connectivity index (χ0v) is 22.5. The van der Waals surface area contributed by atoms with Crippen molar-refractivity contribution < 1.29 is 19.0 Å². The van der Waals surface area contributed by atoms with Gasteiger partial charge in [0.25, 0.3) is 0 Å². The Labute approximate surface area is 218 Å². The monoisotopic (exact) mass is 513 g/mol. The van der Waals surface area contributed by atoms with Crippen LogP contribution in [-0.2, 0) is 6.42 Å². The van der Waals surface area contributed by atoms with Gasteiger partial charge in [-0.25, -0.2) is 4.39 Å². The first-order valence-electron chi connectivity index (χ1n) is 12.9. The Hall–Kier alpha value is -2.31. The molecule has 2 atom stereocenters. The van der Waals surface area contributed by atoms with E-state index in [1.165, 1.54) is 6.07 Å². The van der Waals surface area contributed by atoms with Crippen molar-refractivity contribution in [2.45, 2.75) is 71.6 Å². The van der Waals surface area contributed by atoms with E-state index in [0.717, 1.165) is 43.6 Å². The summed E-state index contributed by atoms with van der Waals surface area (Å²) in [5.41, 5.74) is 1.94. The average molecular weight is 514 g/mol. The fraction of sp³-hybridized carbons (Fsp3) is 0.552. The highest BCUT2D eigenvalue weighted by Gasteiger charge is 2.48. The van der Waals surface area contributed by atoms with Gasteiger partial charge in [-0.05, 0) is 106 Å². The minimum atomic E-state index is -1.17. The molecule has 0 spiro atoms. The predicted octanol–water partition coefficient (Wildman–Crippen LogP) is 5.69. The van der Waals surface area contributed by atoms with Crippen molar-refractivity contribution in [3.63, 3.8) is 0 Å². The number of ether oxygens (including phenoxy) is 1. The molecule has 1 aliphatic carbocycles. The van der Waals surface area contributed by atoms with Crippen molar-refractivity contribution in [1.29, 1.82) is 0 Å². The van der Waals surface area contributed by atoms with Crippen molar-refractivity contribution in [3.05, 3.63) is 52.3 Å². The topological polar surface area (TPSA) is 55.8 Å².